The van der Waals surface area contributed by atoms with Crippen molar-refractivity contribution in [3.05, 3.63) is 53.7 Å². The van der Waals surface area contributed by atoms with E-state index in [1.165, 1.54) is 5.52 Å². The van der Waals surface area contributed by atoms with Gasteiger partial charge in [-0.1, -0.05) is 12.1 Å². The number of hydrogen-bond donors (Lipinski definition) is 1. The zero-order valence-corrected chi connectivity index (χ0v) is 15.9. The van der Waals surface area contributed by atoms with Crippen LogP contribution in [0.25, 0.3) is 11.0 Å². The molecule has 5 heteroatoms. The number of aliphatic hydroxyl groups excluding tert-OH is 1. The second-order valence-electron chi connectivity index (χ2n) is 6.58. The molecular weight excluding hydrogens is 330 g/mol. The first-order chi connectivity index (χ1) is 12.0. The Morgan fingerprint density at radius 2 is 2.08 bits per heavy atom. The van der Waals surface area contributed by atoms with Gasteiger partial charge in [0.1, 0.15) is 11.6 Å². The first-order valence-electron chi connectivity index (χ1n) is 8.78. The molecule has 1 aliphatic rings. The standard InChI is InChI=1S/C20H25N3OS/c1-14(2)23-18-10-6-5-9-17(18)22-19(23)13-25-20-11-7-4-8-16(24)12-15(3)21-20/h5-6,8-10,12,14,24H,4,7,11,13H2,1-3H3/b15-12-,16-8+,21-20?. The topological polar surface area (TPSA) is 50.4 Å². The fourth-order valence-electron chi connectivity index (χ4n) is 3.09. The highest BCUT2D eigenvalue weighted by Gasteiger charge is 2.14. The third-order valence-corrected chi connectivity index (χ3v) is 5.19. The average Bonchev–Trinajstić information content (AvgIpc) is 2.96. The molecule has 0 amide bonds. The van der Waals surface area contributed by atoms with Gasteiger partial charge in [-0.3, -0.25) is 4.99 Å². The van der Waals surface area contributed by atoms with Crippen LogP contribution >= 0.6 is 11.8 Å². The van der Waals surface area contributed by atoms with Crippen molar-refractivity contribution in [2.45, 2.75) is 51.8 Å². The summed E-state index contributed by atoms with van der Waals surface area (Å²) in [6.07, 6.45) is 6.40. The van der Waals surface area contributed by atoms with Crippen LogP contribution in [0.15, 0.2) is 52.9 Å². The van der Waals surface area contributed by atoms with Gasteiger partial charge in [0.15, 0.2) is 0 Å². The van der Waals surface area contributed by atoms with Gasteiger partial charge < -0.3 is 9.67 Å². The predicted molar refractivity (Wildman–Crippen MR) is 107 cm³/mol. The van der Waals surface area contributed by atoms with Crippen LogP contribution in [-0.2, 0) is 5.75 Å². The van der Waals surface area contributed by atoms with Crippen LogP contribution in [0.3, 0.4) is 0 Å². The van der Waals surface area contributed by atoms with Crippen LogP contribution in [0.4, 0.5) is 0 Å². The number of thioether (sulfide) groups is 1. The van der Waals surface area contributed by atoms with Crippen molar-refractivity contribution in [2.24, 2.45) is 4.99 Å². The molecular formula is C20H25N3OS. The van der Waals surface area contributed by atoms with E-state index >= 15 is 0 Å². The van der Waals surface area contributed by atoms with Crippen LogP contribution < -0.4 is 0 Å². The maximum Gasteiger partial charge on any atom is 0.120 e. The quantitative estimate of drug-likeness (QED) is 0.759. The largest absolute Gasteiger partial charge is 0.508 e. The lowest BCUT2D eigenvalue weighted by atomic mass is 10.2. The van der Waals surface area contributed by atoms with Crippen molar-refractivity contribution in [1.82, 2.24) is 9.55 Å². The smallest absolute Gasteiger partial charge is 0.120 e. The zero-order valence-electron chi connectivity index (χ0n) is 15.1. The molecule has 2 heterocycles. The molecule has 0 unspecified atom stereocenters. The lowest BCUT2D eigenvalue weighted by Crippen LogP contribution is -2.06. The second-order valence-corrected chi connectivity index (χ2v) is 7.63. The number of aliphatic imine (C=N–C) groups is 1. The number of benzene rings is 1. The number of hydrogen-bond acceptors (Lipinski definition) is 4. The van der Waals surface area contributed by atoms with E-state index in [1.54, 1.807) is 17.8 Å². The van der Waals surface area contributed by atoms with Crippen LogP contribution in [0, 0.1) is 0 Å². The summed E-state index contributed by atoms with van der Waals surface area (Å²) in [7, 11) is 0. The average molecular weight is 356 g/mol. The highest BCUT2D eigenvalue weighted by Crippen LogP contribution is 2.26. The number of para-hydroxylation sites is 2. The van der Waals surface area contributed by atoms with Crippen molar-refractivity contribution in [1.29, 1.82) is 0 Å². The molecule has 0 atom stereocenters. The summed E-state index contributed by atoms with van der Waals surface area (Å²) in [4.78, 5) is 9.52. The first kappa shape index (κ1) is 17.8. The molecule has 0 radical (unpaired) electrons. The van der Waals surface area contributed by atoms with Crippen LogP contribution in [0.1, 0.15) is 51.9 Å². The summed E-state index contributed by atoms with van der Waals surface area (Å²) in [5.74, 6) is 2.21. The summed E-state index contributed by atoms with van der Waals surface area (Å²) in [5.41, 5.74) is 3.08. The molecule has 0 saturated carbocycles. The highest BCUT2D eigenvalue weighted by atomic mass is 32.2. The van der Waals surface area contributed by atoms with Gasteiger partial charge in [-0.2, -0.15) is 0 Å². The van der Waals surface area contributed by atoms with E-state index in [0.29, 0.717) is 11.8 Å². The fraction of sp³-hybridized carbons (Fsp3) is 0.400. The van der Waals surface area contributed by atoms with Crippen molar-refractivity contribution in [3.8, 4) is 0 Å². The number of fused-ring (bicyclic) bond motifs is 1. The minimum absolute atomic E-state index is 0.314. The number of aliphatic hydroxyl groups is 1. The number of allylic oxidation sites excluding steroid dienone is 3. The lowest BCUT2D eigenvalue weighted by Gasteiger charge is -2.13. The number of rotatable bonds is 3. The Bertz CT molecular complexity index is 846. The Hall–Kier alpha value is -2.01. The van der Waals surface area contributed by atoms with Crippen LogP contribution in [0.2, 0.25) is 0 Å². The van der Waals surface area contributed by atoms with E-state index in [0.717, 1.165) is 47.1 Å². The Balaban J connectivity index is 1.83. The van der Waals surface area contributed by atoms with Gasteiger partial charge in [0.2, 0.25) is 0 Å². The predicted octanol–water partition coefficient (Wildman–Crippen LogP) is 5.78. The number of imidazole rings is 1. The minimum Gasteiger partial charge on any atom is -0.508 e. The molecule has 1 aromatic heterocycles. The van der Waals surface area contributed by atoms with Crippen molar-refractivity contribution >= 4 is 27.8 Å². The molecule has 25 heavy (non-hydrogen) atoms. The molecule has 0 aliphatic carbocycles. The van der Waals surface area contributed by atoms with E-state index in [4.69, 9.17) is 9.98 Å². The minimum atomic E-state index is 0.314. The van der Waals surface area contributed by atoms with Gasteiger partial charge in [0.25, 0.3) is 0 Å². The molecule has 0 spiro atoms. The molecule has 132 valence electrons. The lowest BCUT2D eigenvalue weighted by molar-refractivity contribution is 0.428. The van der Waals surface area contributed by atoms with E-state index < -0.39 is 0 Å². The van der Waals surface area contributed by atoms with E-state index in [1.807, 2.05) is 19.1 Å². The van der Waals surface area contributed by atoms with Gasteiger partial charge in [-0.15, -0.1) is 11.8 Å². The van der Waals surface area contributed by atoms with Crippen LogP contribution in [-0.4, -0.2) is 19.7 Å². The zero-order chi connectivity index (χ0) is 17.8. The van der Waals surface area contributed by atoms with Gasteiger partial charge in [-0.05, 0) is 58.2 Å². The highest BCUT2D eigenvalue weighted by molar-refractivity contribution is 8.13. The van der Waals surface area contributed by atoms with E-state index in [2.05, 4.69) is 36.6 Å². The molecule has 4 nitrogen and oxygen atoms in total. The Morgan fingerprint density at radius 1 is 1.28 bits per heavy atom. The van der Waals surface area contributed by atoms with Crippen molar-refractivity contribution in [3.63, 3.8) is 0 Å². The van der Waals surface area contributed by atoms with Gasteiger partial charge in [0, 0.05) is 17.8 Å². The molecule has 1 N–H and O–H groups in total. The third-order valence-electron chi connectivity index (χ3n) is 4.16. The molecule has 1 aromatic carbocycles. The van der Waals surface area contributed by atoms with Gasteiger partial charge >= 0.3 is 0 Å². The third kappa shape index (κ3) is 4.34. The van der Waals surface area contributed by atoms with E-state index in [-0.39, 0.29) is 0 Å². The summed E-state index contributed by atoms with van der Waals surface area (Å²) in [6, 6.07) is 8.67. The Kier molecular flexibility index (Phi) is 5.63. The number of nitrogens with zero attached hydrogens (tertiary/aromatic N) is 3. The monoisotopic (exact) mass is 355 g/mol. The molecule has 0 saturated heterocycles. The van der Waals surface area contributed by atoms with Crippen LogP contribution in [0.5, 0.6) is 0 Å². The maximum atomic E-state index is 9.78. The molecule has 2 aromatic rings. The van der Waals surface area contributed by atoms with Crippen molar-refractivity contribution < 1.29 is 5.11 Å². The number of aromatic nitrogens is 2. The molecule has 1 aliphatic heterocycles. The SMILES string of the molecule is C/C1=C/C(O)=C\CCCC(SCc2nc3ccccc3n2C(C)C)=N1. The molecule has 3 rings (SSSR count). The first-order valence-corrected chi connectivity index (χ1v) is 9.77. The molecule has 0 fully saturated rings. The summed E-state index contributed by atoms with van der Waals surface area (Å²) >= 11 is 1.76. The Labute approximate surface area is 153 Å². The summed E-state index contributed by atoms with van der Waals surface area (Å²) < 4.78 is 2.31. The van der Waals surface area contributed by atoms with E-state index in [9.17, 15) is 5.11 Å². The van der Waals surface area contributed by atoms with Gasteiger partial charge in [-0.25, -0.2) is 4.98 Å². The molecule has 0 bridgehead atoms. The second kappa shape index (κ2) is 7.91. The Morgan fingerprint density at radius 3 is 2.88 bits per heavy atom. The normalized spacial score (nSPS) is 20.2. The van der Waals surface area contributed by atoms with Crippen molar-refractivity contribution in [2.75, 3.05) is 0 Å². The summed E-state index contributed by atoms with van der Waals surface area (Å²) in [6.45, 7) is 6.32. The summed E-state index contributed by atoms with van der Waals surface area (Å²) in [5, 5.41) is 10.9. The maximum absolute atomic E-state index is 9.78. The van der Waals surface area contributed by atoms with Gasteiger partial charge in [0.05, 0.1) is 21.8 Å². The fourth-order valence-corrected chi connectivity index (χ4v) is 4.08.